The van der Waals surface area contributed by atoms with E-state index in [0.29, 0.717) is 29.2 Å². The predicted octanol–water partition coefficient (Wildman–Crippen LogP) is 5.02. The minimum Gasteiger partial charge on any atom is -0.493 e. The van der Waals surface area contributed by atoms with E-state index in [1.165, 1.54) is 5.56 Å². The van der Waals surface area contributed by atoms with Crippen molar-refractivity contribution in [2.45, 2.75) is 18.2 Å². The van der Waals surface area contributed by atoms with Crippen LogP contribution in [-0.2, 0) is 5.88 Å². The van der Waals surface area contributed by atoms with Crippen LogP contribution in [0.1, 0.15) is 23.5 Å². The van der Waals surface area contributed by atoms with Gasteiger partial charge in [0.2, 0.25) is 0 Å². The fourth-order valence-electron chi connectivity index (χ4n) is 2.52. The van der Waals surface area contributed by atoms with Crippen LogP contribution in [0.5, 0.6) is 11.5 Å². The van der Waals surface area contributed by atoms with E-state index in [1.54, 1.807) is 0 Å². The van der Waals surface area contributed by atoms with Crippen molar-refractivity contribution in [2.24, 2.45) is 0 Å². The SMILES string of the molecule is ClCc1ccc(OCC2CCOc3ccccc32)c(Cl)c1. The number of rotatable bonds is 4. The first-order valence-corrected chi connectivity index (χ1v) is 7.88. The predicted molar refractivity (Wildman–Crippen MR) is 85.8 cm³/mol. The Balaban J connectivity index is 1.71. The quantitative estimate of drug-likeness (QED) is 0.735. The molecule has 1 atom stereocenters. The summed E-state index contributed by atoms with van der Waals surface area (Å²) in [5.74, 6) is 2.45. The molecule has 110 valence electrons. The van der Waals surface area contributed by atoms with Crippen molar-refractivity contribution in [3.8, 4) is 11.5 Å². The second-order valence-electron chi connectivity index (χ2n) is 5.08. The lowest BCUT2D eigenvalue weighted by Crippen LogP contribution is -2.19. The number of hydrogen-bond donors (Lipinski definition) is 0. The van der Waals surface area contributed by atoms with E-state index < -0.39 is 0 Å². The van der Waals surface area contributed by atoms with E-state index in [9.17, 15) is 0 Å². The molecule has 4 heteroatoms. The van der Waals surface area contributed by atoms with Gasteiger partial charge in [-0.3, -0.25) is 0 Å². The van der Waals surface area contributed by atoms with E-state index in [-0.39, 0.29) is 0 Å². The fraction of sp³-hybridized carbons (Fsp3) is 0.294. The molecule has 21 heavy (non-hydrogen) atoms. The van der Waals surface area contributed by atoms with Crippen molar-refractivity contribution in [1.29, 1.82) is 0 Å². The number of ether oxygens (including phenoxy) is 2. The maximum atomic E-state index is 6.22. The molecule has 0 amide bonds. The molecular formula is C17H16Cl2O2. The summed E-state index contributed by atoms with van der Waals surface area (Å²) in [6.45, 7) is 1.32. The van der Waals surface area contributed by atoms with Gasteiger partial charge in [-0.2, -0.15) is 0 Å². The van der Waals surface area contributed by atoms with Gasteiger partial charge in [-0.05, 0) is 30.2 Å². The normalized spacial score (nSPS) is 17.0. The lowest BCUT2D eigenvalue weighted by molar-refractivity contribution is 0.217. The summed E-state index contributed by atoms with van der Waals surface area (Å²) in [5, 5.41) is 0.605. The van der Waals surface area contributed by atoms with Crippen molar-refractivity contribution in [3.05, 3.63) is 58.6 Å². The Hall–Kier alpha value is -1.38. The van der Waals surface area contributed by atoms with Gasteiger partial charge in [-0.15, -0.1) is 11.6 Å². The number of halogens is 2. The van der Waals surface area contributed by atoms with Crippen molar-refractivity contribution >= 4 is 23.2 Å². The van der Waals surface area contributed by atoms with Gasteiger partial charge in [0.25, 0.3) is 0 Å². The summed E-state index contributed by atoms with van der Waals surface area (Å²) in [5.41, 5.74) is 2.20. The van der Waals surface area contributed by atoms with Gasteiger partial charge in [0.1, 0.15) is 11.5 Å². The molecule has 1 aliphatic heterocycles. The van der Waals surface area contributed by atoms with E-state index in [2.05, 4.69) is 6.07 Å². The number of benzene rings is 2. The second-order valence-corrected chi connectivity index (χ2v) is 5.76. The number of hydrogen-bond acceptors (Lipinski definition) is 2. The first kappa shape index (κ1) is 14.6. The van der Waals surface area contributed by atoms with Crippen molar-refractivity contribution < 1.29 is 9.47 Å². The second kappa shape index (κ2) is 6.59. The third-order valence-electron chi connectivity index (χ3n) is 3.67. The number of para-hydroxylation sites is 1. The van der Waals surface area contributed by atoms with Gasteiger partial charge in [-0.25, -0.2) is 0 Å². The minimum atomic E-state index is 0.332. The van der Waals surface area contributed by atoms with E-state index in [4.69, 9.17) is 32.7 Å². The largest absolute Gasteiger partial charge is 0.493 e. The maximum Gasteiger partial charge on any atom is 0.137 e. The molecule has 0 aliphatic carbocycles. The summed E-state index contributed by atoms with van der Waals surface area (Å²) in [4.78, 5) is 0. The molecule has 0 spiro atoms. The van der Waals surface area contributed by atoms with Crippen molar-refractivity contribution in [1.82, 2.24) is 0 Å². The third-order valence-corrected chi connectivity index (χ3v) is 4.28. The van der Waals surface area contributed by atoms with Gasteiger partial charge >= 0.3 is 0 Å². The van der Waals surface area contributed by atoms with Gasteiger partial charge in [0.05, 0.1) is 18.2 Å². The molecule has 2 aromatic rings. The molecule has 0 fully saturated rings. The van der Waals surface area contributed by atoms with Crippen molar-refractivity contribution in [3.63, 3.8) is 0 Å². The number of fused-ring (bicyclic) bond motifs is 1. The highest BCUT2D eigenvalue weighted by atomic mass is 35.5. The Kier molecular flexibility index (Phi) is 4.57. The van der Waals surface area contributed by atoms with Gasteiger partial charge in [0, 0.05) is 17.4 Å². The highest BCUT2D eigenvalue weighted by Gasteiger charge is 2.21. The summed E-state index contributed by atoms with van der Waals surface area (Å²) in [7, 11) is 0. The zero-order valence-electron chi connectivity index (χ0n) is 11.5. The van der Waals surface area contributed by atoms with E-state index >= 15 is 0 Å². The highest BCUT2D eigenvalue weighted by molar-refractivity contribution is 6.32. The van der Waals surface area contributed by atoms with Gasteiger partial charge < -0.3 is 9.47 Å². The molecule has 2 aromatic carbocycles. The molecule has 3 rings (SSSR count). The molecule has 0 saturated heterocycles. The van der Waals surface area contributed by atoms with E-state index in [1.807, 2.05) is 36.4 Å². The molecule has 1 aliphatic rings. The molecule has 0 bridgehead atoms. The Morgan fingerprint density at radius 1 is 1.19 bits per heavy atom. The third kappa shape index (κ3) is 3.28. The first-order chi connectivity index (χ1) is 10.3. The van der Waals surface area contributed by atoms with Crippen LogP contribution < -0.4 is 9.47 Å². The Bertz CT molecular complexity index is 628. The standard InChI is InChI=1S/C17H16Cl2O2/c18-10-12-5-6-17(15(19)9-12)21-11-13-7-8-20-16-4-2-1-3-14(13)16/h1-6,9,13H,7-8,10-11H2. The van der Waals surface area contributed by atoms with E-state index in [0.717, 1.165) is 24.3 Å². The Morgan fingerprint density at radius 3 is 2.86 bits per heavy atom. The highest BCUT2D eigenvalue weighted by Crippen LogP contribution is 2.34. The maximum absolute atomic E-state index is 6.22. The van der Waals surface area contributed by atoms with Gasteiger partial charge in [0.15, 0.2) is 0 Å². The van der Waals surface area contributed by atoms with Crippen molar-refractivity contribution in [2.75, 3.05) is 13.2 Å². The average molecular weight is 323 g/mol. The molecule has 1 heterocycles. The Labute approximate surface area is 134 Å². The van der Waals surface area contributed by atoms with Crippen LogP contribution in [0.4, 0.5) is 0 Å². The van der Waals surface area contributed by atoms with Crippen LogP contribution in [-0.4, -0.2) is 13.2 Å². The summed E-state index contributed by atoms with van der Waals surface area (Å²) in [6, 6.07) is 13.8. The zero-order valence-corrected chi connectivity index (χ0v) is 13.0. The van der Waals surface area contributed by atoms with Crippen LogP contribution >= 0.6 is 23.2 Å². The lowest BCUT2D eigenvalue weighted by atomic mass is 9.94. The molecule has 2 nitrogen and oxygen atoms in total. The van der Waals surface area contributed by atoms with Crippen LogP contribution in [0.2, 0.25) is 5.02 Å². The average Bonchev–Trinajstić information content (AvgIpc) is 2.53. The summed E-state index contributed by atoms with van der Waals surface area (Å²) in [6.07, 6.45) is 0.953. The van der Waals surface area contributed by atoms with Crippen LogP contribution in [0.25, 0.3) is 0 Å². The smallest absolute Gasteiger partial charge is 0.137 e. The Morgan fingerprint density at radius 2 is 2.05 bits per heavy atom. The summed E-state index contributed by atoms with van der Waals surface area (Å²) >= 11 is 12.0. The van der Waals surface area contributed by atoms with Crippen LogP contribution in [0.15, 0.2) is 42.5 Å². The minimum absolute atomic E-state index is 0.332. The molecule has 1 unspecified atom stereocenters. The fourth-order valence-corrected chi connectivity index (χ4v) is 2.95. The molecule has 0 aromatic heterocycles. The number of alkyl halides is 1. The van der Waals surface area contributed by atoms with Crippen LogP contribution in [0.3, 0.4) is 0 Å². The molecule has 0 radical (unpaired) electrons. The van der Waals surface area contributed by atoms with Crippen LogP contribution in [0, 0.1) is 0 Å². The molecular weight excluding hydrogens is 307 g/mol. The molecule has 0 saturated carbocycles. The lowest BCUT2D eigenvalue weighted by Gasteiger charge is -2.26. The molecule has 0 N–H and O–H groups in total. The summed E-state index contributed by atoms with van der Waals surface area (Å²) < 4.78 is 11.6. The topological polar surface area (TPSA) is 18.5 Å². The zero-order chi connectivity index (χ0) is 14.7. The van der Waals surface area contributed by atoms with Gasteiger partial charge in [-0.1, -0.05) is 35.9 Å². The monoisotopic (exact) mass is 322 g/mol. The first-order valence-electron chi connectivity index (χ1n) is 6.97.